The summed E-state index contributed by atoms with van der Waals surface area (Å²) in [5, 5.41) is 3.65. The molecule has 2 atom stereocenters. The molecule has 2 unspecified atom stereocenters. The van der Waals surface area contributed by atoms with Crippen LogP contribution in [0.4, 0.5) is 0 Å². The third kappa shape index (κ3) is 2.77. The lowest BCUT2D eigenvalue weighted by atomic mass is 9.79. The van der Waals surface area contributed by atoms with Gasteiger partial charge in [0.15, 0.2) is 0 Å². The Kier molecular flexibility index (Phi) is 4.24. The summed E-state index contributed by atoms with van der Waals surface area (Å²) < 4.78 is 5.40. The molecule has 22 heavy (non-hydrogen) atoms. The Morgan fingerprint density at radius 3 is 2.82 bits per heavy atom. The van der Waals surface area contributed by atoms with Crippen LogP contribution in [0.25, 0.3) is 0 Å². The Hall–Kier alpha value is -1.39. The number of nitrogens with two attached hydrogens (primary N) is 1. The fourth-order valence-electron chi connectivity index (χ4n) is 3.85. The Bertz CT molecular complexity index is 564. The van der Waals surface area contributed by atoms with E-state index in [-0.39, 0.29) is 5.91 Å². The zero-order valence-electron chi connectivity index (χ0n) is 13.5. The number of hydrogen-bond donors (Lipinski definition) is 2. The standard InChI is InChI=1S/C18H26N2O2/c1-12-3-4-14-10-13(2)16(15(14)9-12)20-11-18(17(19)21)5-7-22-8-6-18/h3-4,9,13,16,20H,5-8,10-11H2,1-2H3,(H2,19,21). The first kappa shape index (κ1) is 15.5. The second-order valence-electron chi connectivity index (χ2n) is 7.00. The van der Waals surface area contributed by atoms with E-state index >= 15 is 0 Å². The minimum atomic E-state index is -0.454. The van der Waals surface area contributed by atoms with E-state index in [9.17, 15) is 4.79 Å². The van der Waals surface area contributed by atoms with Gasteiger partial charge in [-0.05, 0) is 43.2 Å². The number of benzene rings is 1. The highest BCUT2D eigenvalue weighted by molar-refractivity contribution is 5.81. The van der Waals surface area contributed by atoms with Crippen LogP contribution in [0.3, 0.4) is 0 Å². The number of ether oxygens (including phenoxy) is 1. The SMILES string of the molecule is Cc1ccc2c(c1)C(NCC1(C(N)=O)CCOCC1)C(C)C2. The zero-order valence-corrected chi connectivity index (χ0v) is 13.5. The van der Waals surface area contributed by atoms with E-state index < -0.39 is 5.41 Å². The highest BCUT2D eigenvalue weighted by atomic mass is 16.5. The first-order valence-electron chi connectivity index (χ1n) is 8.22. The van der Waals surface area contributed by atoms with Crippen molar-refractivity contribution in [3.8, 4) is 0 Å². The minimum Gasteiger partial charge on any atom is -0.381 e. The zero-order chi connectivity index (χ0) is 15.7. The predicted molar refractivity (Wildman–Crippen MR) is 86.5 cm³/mol. The maximum absolute atomic E-state index is 12.0. The van der Waals surface area contributed by atoms with Gasteiger partial charge in [0.1, 0.15) is 0 Å². The molecule has 0 aromatic heterocycles. The van der Waals surface area contributed by atoms with Gasteiger partial charge in [-0.15, -0.1) is 0 Å². The van der Waals surface area contributed by atoms with Crippen molar-refractivity contribution in [1.29, 1.82) is 0 Å². The molecule has 0 saturated carbocycles. The summed E-state index contributed by atoms with van der Waals surface area (Å²) in [7, 11) is 0. The Morgan fingerprint density at radius 1 is 1.41 bits per heavy atom. The van der Waals surface area contributed by atoms with Crippen molar-refractivity contribution >= 4 is 5.91 Å². The molecule has 0 spiro atoms. The summed E-state index contributed by atoms with van der Waals surface area (Å²) in [6.45, 7) is 6.30. The fourth-order valence-corrected chi connectivity index (χ4v) is 3.85. The molecule has 4 nitrogen and oxygen atoms in total. The van der Waals surface area contributed by atoms with Crippen molar-refractivity contribution < 1.29 is 9.53 Å². The highest BCUT2D eigenvalue weighted by Crippen LogP contribution is 2.38. The van der Waals surface area contributed by atoms with Crippen LogP contribution in [0.1, 0.15) is 42.5 Å². The molecule has 0 bridgehead atoms. The number of hydrogen-bond acceptors (Lipinski definition) is 3. The lowest BCUT2D eigenvalue weighted by Crippen LogP contribution is -2.49. The van der Waals surface area contributed by atoms with Crippen molar-refractivity contribution in [2.75, 3.05) is 19.8 Å². The van der Waals surface area contributed by atoms with E-state index in [1.807, 2.05) is 0 Å². The molecule has 1 aliphatic carbocycles. The minimum absolute atomic E-state index is 0.196. The van der Waals surface area contributed by atoms with Crippen molar-refractivity contribution in [1.82, 2.24) is 5.32 Å². The van der Waals surface area contributed by atoms with Crippen LogP contribution in [-0.2, 0) is 16.0 Å². The van der Waals surface area contributed by atoms with Crippen molar-refractivity contribution in [2.45, 2.75) is 39.2 Å². The lowest BCUT2D eigenvalue weighted by Gasteiger charge is -2.36. The second kappa shape index (κ2) is 6.01. The average Bonchev–Trinajstić information content (AvgIpc) is 2.81. The topological polar surface area (TPSA) is 64.3 Å². The molecule has 1 heterocycles. The van der Waals surface area contributed by atoms with Crippen molar-refractivity contribution in [3.05, 3.63) is 34.9 Å². The number of fused-ring (bicyclic) bond motifs is 1. The number of primary amides is 1. The van der Waals surface area contributed by atoms with Gasteiger partial charge in [-0.2, -0.15) is 0 Å². The summed E-state index contributed by atoms with van der Waals surface area (Å²) in [5.74, 6) is 0.347. The molecule has 1 aliphatic heterocycles. The third-order valence-corrected chi connectivity index (χ3v) is 5.38. The van der Waals surface area contributed by atoms with Gasteiger partial charge < -0.3 is 15.8 Å². The molecule has 1 aromatic carbocycles. The van der Waals surface area contributed by atoms with Crippen LogP contribution in [0, 0.1) is 18.3 Å². The van der Waals surface area contributed by atoms with E-state index in [2.05, 4.69) is 37.4 Å². The largest absolute Gasteiger partial charge is 0.381 e. The molecule has 0 radical (unpaired) electrons. The Labute approximate surface area is 132 Å². The first-order valence-corrected chi connectivity index (χ1v) is 8.22. The van der Waals surface area contributed by atoms with E-state index in [1.165, 1.54) is 16.7 Å². The van der Waals surface area contributed by atoms with Crippen molar-refractivity contribution in [3.63, 3.8) is 0 Å². The van der Waals surface area contributed by atoms with Gasteiger partial charge in [0.2, 0.25) is 5.91 Å². The molecular formula is C18H26N2O2. The number of carbonyl (C=O) groups excluding carboxylic acids is 1. The molecule has 1 amide bonds. The number of nitrogens with one attached hydrogen (secondary N) is 1. The molecule has 2 aliphatic rings. The van der Waals surface area contributed by atoms with E-state index in [1.54, 1.807) is 0 Å². The van der Waals surface area contributed by atoms with E-state index in [0.29, 0.717) is 31.7 Å². The van der Waals surface area contributed by atoms with Gasteiger partial charge in [0.05, 0.1) is 5.41 Å². The Balaban J connectivity index is 1.76. The second-order valence-corrected chi connectivity index (χ2v) is 7.00. The molecular weight excluding hydrogens is 276 g/mol. The van der Waals surface area contributed by atoms with Gasteiger partial charge >= 0.3 is 0 Å². The molecule has 1 fully saturated rings. The van der Waals surface area contributed by atoms with Gasteiger partial charge in [-0.1, -0.05) is 30.7 Å². The average molecular weight is 302 g/mol. The van der Waals surface area contributed by atoms with Crippen LogP contribution >= 0.6 is 0 Å². The van der Waals surface area contributed by atoms with Gasteiger partial charge in [-0.25, -0.2) is 0 Å². The third-order valence-electron chi connectivity index (χ3n) is 5.38. The quantitative estimate of drug-likeness (QED) is 0.895. The molecule has 120 valence electrons. The number of amides is 1. The smallest absolute Gasteiger partial charge is 0.225 e. The molecule has 1 saturated heterocycles. The monoisotopic (exact) mass is 302 g/mol. The molecule has 4 heteroatoms. The summed E-state index contributed by atoms with van der Waals surface area (Å²) in [4.78, 5) is 12.0. The maximum atomic E-state index is 12.0. The molecule has 1 aromatic rings. The van der Waals surface area contributed by atoms with Crippen molar-refractivity contribution in [2.24, 2.45) is 17.1 Å². The van der Waals surface area contributed by atoms with Crippen LogP contribution in [0.5, 0.6) is 0 Å². The van der Waals surface area contributed by atoms with Crippen LogP contribution in [0.2, 0.25) is 0 Å². The van der Waals surface area contributed by atoms with Gasteiger partial charge in [0, 0.05) is 25.8 Å². The lowest BCUT2D eigenvalue weighted by molar-refractivity contribution is -0.133. The van der Waals surface area contributed by atoms with E-state index in [0.717, 1.165) is 19.3 Å². The van der Waals surface area contributed by atoms with Crippen LogP contribution < -0.4 is 11.1 Å². The van der Waals surface area contributed by atoms with E-state index in [4.69, 9.17) is 10.5 Å². The summed E-state index contributed by atoms with van der Waals surface area (Å²) >= 11 is 0. The Morgan fingerprint density at radius 2 is 2.14 bits per heavy atom. The number of rotatable bonds is 4. The number of aryl methyl sites for hydroxylation is 1. The summed E-state index contributed by atoms with van der Waals surface area (Å²) in [5.41, 5.74) is 9.35. The fraction of sp³-hybridized carbons (Fsp3) is 0.611. The first-order chi connectivity index (χ1) is 10.5. The predicted octanol–water partition coefficient (Wildman–Crippen LogP) is 2.10. The van der Waals surface area contributed by atoms with Gasteiger partial charge in [-0.3, -0.25) is 4.79 Å². The van der Waals surface area contributed by atoms with Gasteiger partial charge in [0.25, 0.3) is 0 Å². The summed E-state index contributed by atoms with van der Waals surface area (Å²) in [6, 6.07) is 7.00. The molecule has 3 N–H and O–H groups in total. The summed E-state index contributed by atoms with van der Waals surface area (Å²) in [6.07, 6.45) is 2.54. The highest BCUT2D eigenvalue weighted by Gasteiger charge is 2.40. The maximum Gasteiger partial charge on any atom is 0.225 e. The van der Waals surface area contributed by atoms with Crippen LogP contribution in [-0.4, -0.2) is 25.7 Å². The number of carbonyl (C=O) groups is 1. The normalized spacial score (nSPS) is 26.6. The van der Waals surface area contributed by atoms with Crippen LogP contribution in [0.15, 0.2) is 18.2 Å². The molecule has 3 rings (SSSR count).